The first-order valence-corrected chi connectivity index (χ1v) is 9.74. The molecule has 0 saturated carbocycles. The monoisotopic (exact) mass is 420 g/mol. The van der Waals surface area contributed by atoms with Crippen LogP contribution in [-0.4, -0.2) is 34.0 Å². The highest BCUT2D eigenvalue weighted by Gasteiger charge is 2.15. The van der Waals surface area contributed by atoms with Gasteiger partial charge in [0.15, 0.2) is 11.5 Å². The maximum Gasteiger partial charge on any atom is 0.273 e. The Morgan fingerprint density at radius 3 is 2.71 bits per heavy atom. The van der Waals surface area contributed by atoms with Gasteiger partial charge in [-0.1, -0.05) is 5.16 Å². The number of nitrogens with one attached hydrogen (secondary N) is 1. The molecule has 0 atom stereocenters. The number of carbonyl (C=O) groups is 1. The van der Waals surface area contributed by atoms with Gasteiger partial charge in [-0.05, 0) is 49.4 Å². The Morgan fingerprint density at radius 2 is 1.97 bits per heavy atom. The van der Waals surface area contributed by atoms with Gasteiger partial charge in [0.25, 0.3) is 11.5 Å². The van der Waals surface area contributed by atoms with Gasteiger partial charge in [-0.25, -0.2) is 4.68 Å². The van der Waals surface area contributed by atoms with Crippen LogP contribution in [0.3, 0.4) is 0 Å². The molecule has 1 amide bonds. The fourth-order valence-electron chi connectivity index (χ4n) is 2.93. The van der Waals surface area contributed by atoms with Gasteiger partial charge in [0.05, 0.1) is 25.1 Å². The number of nitrogens with zero attached hydrogens (tertiary/aromatic N) is 3. The third-order valence-corrected chi connectivity index (χ3v) is 4.44. The summed E-state index contributed by atoms with van der Waals surface area (Å²) in [6, 6.07) is 15.5. The summed E-state index contributed by atoms with van der Waals surface area (Å²) in [4.78, 5) is 24.4. The highest BCUT2D eigenvalue weighted by Crippen LogP contribution is 2.21. The highest BCUT2D eigenvalue weighted by molar-refractivity contribution is 5.92. The second-order valence-electron chi connectivity index (χ2n) is 6.55. The molecule has 3 aromatic heterocycles. The lowest BCUT2D eigenvalue weighted by Gasteiger charge is -2.08. The van der Waals surface area contributed by atoms with Crippen LogP contribution in [0.4, 0.5) is 0 Å². The van der Waals surface area contributed by atoms with Crippen molar-refractivity contribution in [3.63, 3.8) is 0 Å². The lowest BCUT2D eigenvalue weighted by Crippen LogP contribution is -2.32. The fraction of sp³-hybridized carbons (Fsp3) is 0.182. The van der Waals surface area contributed by atoms with Crippen molar-refractivity contribution in [3.05, 3.63) is 76.9 Å². The van der Waals surface area contributed by atoms with Crippen molar-refractivity contribution in [2.24, 2.45) is 0 Å². The molecule has 4 rings (SSSR count). The second-order valence-corrected chi connectivity index (χ2v) is 6.55. The molecule has 0 aliphatic rings. The number of aromatic nitrogens is 3. The lowest BCUT2D eigenvalue weighted by atomic mass is 10.1. The third-order valence-electron chi connectivity index (χ3n) is 4.44. The fourth-order valence-corrected chi connectivity index (χ4v) is 2.93. The lowest BCUT2D eigenvalue weighted by molar-refractivity contribution is 0.0942. The number of carbonyl (C=O) groups excluding carboxylic acids is 1. The van der Waals surface area contributed by atoms with E-state index in [1.165, 1.54) is 23.1 Å². The molecule has 0 unspecified atom stereocenters. The Hall–Kier alpha value is -4.14. The van der Waals surface area contributed by atoms with Crippen LogP contribution in [0.15, 0.2) is 74.6 Å². The van der Waals surface area contributed by atoms with Crippen LogP contribution in [0.1, 0.15) is 17.4 Å². The average Bonchev–Trinajstić information content (AvgIpc) is 3.48. The standard InChI is InChI=1S/C22H20N4O5/c1-2-29-16-7-5-15(6-8-16)17-9-10-21(27)26(24-17)12-11-23-22(28)18-14-20(31-25-18)19-4-3-13-30-19/h3-10,13-14H,2,11-12H2,1H3,(H,23,28). The van der Waals surface area contributed by atoms with Crippen molar-refractivity contribution in [1.29, 1.82) is 0 Å². The first-order chi connectivity index (χ1) is 15.1. The van der Waals surface area contributed by atoms with Crippen molar-refractivity contribution in [1.82, 2.24) is 20.3 Å². The summed E-state index contributed by atoms with van der Waals surface area (Å²) >= 11 is 0. The predicted molar refractivity (Wildman–Crippen MR) is 112 cm³/mol. The summed E-state index contributed by atoms with van der Waals surface area (Å²) in [5.41, 5.74) is 1.36. The largest absolute Gasteiger partial charge is 0.494 e. The van der Waals surface area contributed by atoms with E-state index in [0.29, 0.717) is 23.8 Å². The van der Waals surface area contributed by atoms with Crippen molar-refractivity contribution in [3.8, 4) is 28.5 Å². The van der Waals surface area contributed by atoms with Crippen molar-refractivity contribution >= 4 is 5.91 Å². The van der Waals surface area contributed by atoms with Gasteiger partial charge >= 0.3 is 0 Å². The van der Waals surface area contributed by atoms with Crippen LogP contribution < -0.4 is 15.6 Å². The first-order valence-electron chi connectivity index (χ1n) is 9.74. The van der Waals surface area contributed by atoms with Gasteiger partial charge in [-0.2, -0.15) is 5.10 Å². The second kappa shape index (κ2) is 9.12. The number of amides is 1. The molecule has 0 bridgehead atoms. The number of hydrogen-bond acceptors (Lipinski definition) is 7. The molecule has 1 N–H and O–H groups in total. The van der Waals surface area contributed by atoms with Crippen LogP contribution in [0, 0.1) is 0 Å². The molecule has 1 aromatic carbocycles. The van der Waals surface area contributed by atoms with Crippen molar-refractivity contribution < 1.29 is 18.5 Å². The number of hydrogen-bond donors (Lipinski definition) is 1. The van der Waals surface area contributed by atoms with E-state index >= 15 is 0 Å². The molecule has 0 saturated heterocycles. The van der Waals surface area contributed by atoms with E-state index in [4.69, 9.17) is 13.7 Å². The molecule has 9 nitrogen and oxygen atoms in total. The Bertz CT molecular complexity index is 1210. The Kier molecular flexibility index (Phi) is 5.93. The minimum atomic E-state index is -0.419. The molecule has 0 aliphatic heterocycles. The van der Waals surface area contributed by atoms with E-state index < -0.39 is 5.91 Å². The van der Waals surface area contributed by atoms with E-state index in [9.17, 15) is 9.59 Å². The summed E-state index contributed by atoms with van der Waals surface area (Å²) in [6.45, 7) is 2.91. The van der Waals surface area contributed by atoms with E-state index in [1.54, 1.807) is 18.2 Å². The summed E-state index contributed by atoms with van der Waals surface area (Å²) in [6.07, 6.45) is 1.50. The van der Waals surface area contributed by atoms with Gasteiger partial charge in [0.2, 0.25) is 5.76 Å². The minimum Gasteiger partial charge on any atom is -0.494 e. The minimum absolute atomic E-state index is 0.120. The summed E-state index contributed by atoms with van der Waals surface area (Å²) < 4.78 is 17.1. The molecule has 158 valence electrons. The number of benzene rings is 1. The number of furan rings is 1. The van der Waals surface area contributed by atoms with E-state index in [2.05, 4.69) is 15.6 Å². The van der Waals surface area contributed by atoms with Crippen LogP contribution in [0.5, 0.6) is 5.75 Å². The van der Waals surface area contributed by atoms with Gasteiger partial charge in [-0.15, -0.1) is 0 Å². The van der Waals surface area contributed by atoms with E-state index in [-0.39, 0.29) is 24.3 Å². The topological polar surface area (TPSA) is 112 Å². The van der Waals surface area contributed by atoms with Gasteiger partial charge in [0.1, 0.15) is 5.75 Å². The molecule has 31 heavy (non-hydrogen) atoms. The number of ether oxygens (including phenoxy) is 1. The van der Waals surface area contributed by atoms with Crippen LogP contribution in [0.25, 0.3) is 22.8 Å². The van der Waals surface area contributed by atoms with Crippen LogP contribution >= 0.6 is 0 Å². The van der Waals surface area contributed by atoms with Crippen molar-refractivity contribution in [2.75, 3.05) is 13.2 Å². The summed E-state index contributed by atoms with van der Waals surface area (Å²) in [7, 11) is 0. The van der Waals surface area contributed by atoms with Gasteiger partial charge in [0, 0.05) is 24.2 Å². The van der Waals surface area contributed by atoms with E-state index in [1.807, 2.05) is 31.2 Å². The smallest absolute Gasteiger partial charge is 0.273 e. The molecule has 0 spiro atoms. The number of rotatable bonds is 8. The zero-order valence-corrected chi connectivity index (χ0v) is 16.8. The first kappa shape index (κ1) is 20.1. The molecule has 4 aromatic rings. The normalized spacial score (nSPS) is 10.7. The van der Waals surface area contributed by atoms with Gasteiger partial charge < -0.3 is 19.0 Å². The molecule has 9 heteroatoms. The van der Waals surface area contributed by atoms with E-state index in [0.717, 1.165) is 11.3 Å². The van der Waals surface area contributed by atoms with Crippen LogP contribution in [0.2, 0.25) is 0 Å². The highest BCUT2D eigenvalue weighted by atomic mass is 16.5. The Labute approximate surface area is 177 Å². The van der Waals surface area contributed by atoms with Gasteiger partial charge in [-0.3, -0.25) is 9.59 Å². The molecular formula is C22H20N4O5. The summed E-state index contributed by atoms with van der Waals surface area (Å²) in [5, 5.41) is 10.8. The maximum absolute atomic E-state index is 12.3. The van der Waals surface area contributed by atoms with Crippen LogP contribution in [-0.2, 0) is 6.54 Å². The maximum atomic E-state index is 12.3. The SMILES string of the molecule is CCOc1ccc(-c2ccc(=O)n(CCNC(=O)c3cc(-c4ccco4)on3)n2)cc1. The zero-order valence-electron chi connectivity index (χ0n) is 16.8. The molecule has 0 fully saturated rings. The Balaban J connectivity index is 1.39. The summed E-state index contributed by atoms with van der Waals surface area (Å²) in [5.74, 6) is 1.19. The predicted octanol–water partition coefficient (Wildman–Crippen LogP) is 2.99. The zero-order chi connectivity index (χ0) is 21.6. The molecule has 0 aliphatic carbocycles. The van der Waals surface area contributed by atoms with Crippen molar-refractivity contribution in [2.45, 2.75) is 13.5 Å². The Morgan fingerprint density at radius 1 is 1.13 bits per heavy atom. The molecule has 3 heterocycles. The third kappa shape index (κ3) is 4.72. The molecular weight excluding hydrogens is 400 g/mol. The average molecular weight is 420 g/mol. The molecule has 0 radical (unpaired) electrons. The quantitative estimate of drug-likeness (QED) is 0.466.